The molecule has 6 heteroatoms. The topological polar surface area (TPSA) is 76.1 Å². The maximum Gasteiger partial charge on any atom is 0.300 e. The number of ether oxygens (including phenoxy) is 2. The summed E-state index contributed by atoms with van der Waals surface area (Å²) in [5, 5.41) is 11.1. The predicted octanol–water partition coefficient (Wildman–Crippen LogP) is 4.72. The van der Waals surface area contributed by atoms with Gasteiger partial charge in [-0.3, -0.25) is 14.5 Å². The lowest BCUT2D eigenvalue weighted by atomic mass is 9.95. The van der Waals surface area contributed by atoms with Crippen LogP contribution in [0.5, 0.6) is 11.5 Å². The number of ketones is 1. The second kappa shape index (κ2) is 8.98. The third-order valence-corrected chi connectivity index (χ3v) is 5.35. The Labute approximate surface area is 186 Å². The number of carbonyl (C=O) groups excluding carboxylic acids is 2. The fourth-order valence-electron chi connectivity index (χ4n) is 3.82. The number of methoxy groups -OCH3 is 1. The number of benzene rings is 3. The SMILES string of the molecule is CCOc1ccc(N2C(=O)C(=O)C(=C(O)c3ccccc3)[C@@H]2c2ccc(OC)cc2)cc1. The number of hydrogen-bond donors (Lipinski definition) is 1. The van der Waals surface area contributed by atoms with Crippen LogP contribution in [0.4, 0.5) is 5.69 Å². The summed E-state index contributed by atoms with van der Waals surface area (Å²) in [6.07, 6.45) is 0. The highest BCUT2D eigenvalue weighted by molar-refractivity contribution is 6.51. The number of aliphatic hydroxyl groups is 1. The zero-order valence-electron chi connectivity index (χ0n) is 17.8. The van der Waals surface area contributed by atoms with Gasteiger partial charge in [-0.2, -0.15) is 0 Å². The van der Waals surface area contributed by atoms with Crippen LogP contribution in [0.25, 0.3) is 5.76 Å². The summed E-state index contributed by atoms with van der Waals surface area (Å²) in [4.78, 5) is 27.7. The Bertz CT molecular complexity index is 1150. The van der Waals surface area contributed by atoms with Crippen molar-refractivity contribution in [2.24, 2.45) is 0 Å². The first kappa shape index (κ1) is 21.2. The van der Waals surface area contributed by atoms with Crippen molar-refractivity contribution in [3.63, 3.8) is 0 Å². The largest absolute Gasteiger partial charge is 0.507 e. The smallest absolute Gasteiger partial charge is 0.300 e. The predicted molar refractivity (Wildman–Crippen MR) is 122 cm³/mol. The van der Waals surface area contributed by atoms with Gasteiger partial charge in [0.05, 0.1) is 25.3 Å². The van der Waals surface area contributed by atoms with Crippen LogP contribution in [0.15, 0.2) is 84.4 Å². The minimum Gasteiger partial charge on any atom is -0.507 e. The average molecular weight is 429 g/mol. The molecule has 1 atom stereocenters. The van der Waals surface area contributed by atoms with Crippen LogP contribution < -0.4 is 14.4 Å². The van der Waals surface area contributed by atoms with Crippen molar-refractivity contribution in [1.82, 2.24) is 0 Å². The lowest BCUT2D eigenvalue weighted by Crippen LogP contribution is -2.29. The molecule has 1 saturated heterocycles. The maximum absolute atomic E-state index is 13.1. The molecule has 6 nitrogen and oxygen atoms in total. The van der Waals surface area contributed by atoms with Crippen LogP contribution in [0, 0.1) is 0 Å². The molecule has 1 fully saturated rings. The van der Waals surface area contributed by atoms with E-state index in [-0.39, 0.29) is 11.3 Å². The minimum absolute atomic E-state index is 0.0419. The van der Waals surface area contributed by atoms with Crippen molar-refractivity contribution in [2.45, 2.75) is 13.0 Å². The van der Waals surface area contributed by atoms with Crippen molar-refractivity contribution in [2.75, 3.05) is 18.6 Å². The Kier molecular flexibility index (Phi) is 5.94. The number of nitrogens with zero attached hydrogens (tertiary/aromatic N) is 1. The van der Waals surface area contributed by atoms with Gasteiger partial charge in [-0.15, -0.1) is 0 Å². The highest BCUT2D eigenvalue weighted by atomic mass is 16.5. The molecule has 3 aromatic rings. The molecule has 0 aromatic heterocycles. The molecular weight excluding hydrogens is 406 g/mol. The molecular formula is C26H23NO5. The molecule has 0 unspecified atom stereocenters. The van der Waals surface area contributed by atoms with Gasteiger partial charge in [0, 0.05) is 11.3 Å². The van der Waals surface area contributed by atoms with E-state index in [9.17, 15) is 14.7 Å². The average Bonchev–Trinajstić information content (AvgIpc) is 3.10. The Balaban J connectivity index is 1.87. The summed E-state index contributed by atoms with van der Waals surface area (Å²) in [5.74, 6) is -0.334. The molecule has 1 aliphatic rings. The van der Waals surface area contributed by atoms with Gasteiger partial charge >= 0.3 is 0 Å². The molecule has 1 aliphatic heterocycles. The third-order valence-electron chi connectivity index (χ3n) is 5.35. The van der Waals surface area contributed by atoms with Gasteiger partial charge in [0.15, 0.2) is 0 Å². The van der Waals surface area contributed by atoms with Crippen molar-refractivity contribution in [1.29, 1.82) is 0 Å². The van der Waals surface area contributed by atoms with E-state index in [4.69, 9.17) is 9.47 Å². The molecule has 32 heavy (non-hydrogen) atoms. The molecule has 0 saturated carbocycles. The molecule has 0 aliphatic carbocycles. The highest BCUT2D eigenvalue weighted by Crippen LogP contribution is 2.42. The van der Waals surface area contributed by atoms with E-state index in [1.807, 2.05) is 13.0 Å². The number of carbonyl (C=O) groups is 2. The Morgan fingerprint density at radius 2 is 1.53 bits per heavy atom. The molecule has 0 spiro atoms. The number of anilines is 1. The first-order chi connectivity index (χ1) is 15.5. The molecule has 0 bridgehead atoms. The van der Waals surface area contributed by atoms with E-state index in [1.54, 1.807) is 79.9 Å². The second-order valence-electron chi connectivity index (χ2n) is 7.24. The summed E-state index contributed by atoms with van der Waals surface area (Å²) >= 11 is 0. The van der Waals surface area contributed by atoms with Gasteiger partial charge in [-0.05, 0) is 48.9 Å². The first-order valence-electron chi connectivity index (χ1n) is 10.3. The molecule has 0 radical (unpaired) electrons. The highest BCUT2D eigenvalue weighted by Gasteiger charge is 2.46. The number of hydrogen-bond acceptors (Lipinski definition) is 5. The quantitative estimate of drug-likeness (QED) is 0.349. The summed E-state index contributed by atoms with van der Waals surface area (Å²) in [6, 6.07) is 22.0. The van der Waals surface area contributed by atoms with Gasteiger partial charge in [0.25, 0.3) is 11.7 Å². The van der Waals surface area contributed by atoms with E-state index in [2.05, 4.69) is 0 Å². The third kappa shape index (κ3) is 3.83. The molecule has 1 heterocycles. The Hall–Kier alpha value is -4.06. The van der Waals surface area contributed by atoms with Crippen LogP contribution in [0.1, 0.15) is 24.1 Å². The van der Waals surface area contributed by atoms with E-state index < -0.39 is 17.7 Å². The van der Waals surface area contributed by atoms with E-state index in [1.165, 1.54) is 4.90 Å². The summed E-state index contributed by atoms with van der Waals surface area (Å²) in [7, 11) is 1.57. The standard InChI is InChI=1S/C26H23NO5/c1-3-32-21-15-11-19(12-16-21)27-23(17-9-13-20(31-2)14-10-17)22(25(29)26(27)30)24(28)18-7-5-4-6-8-18/h4-16,23,28H,3H2,1-2H3/t23-/m0/s1. The van der Waals surface area contributed by atoms with Crippen molar-refractivity contribution in [3.05, 3.63) is 95.6 Å². The lowest BCUT2D eigenvalue weighted by molar-refractivity contribution is -0.132. The number of Topliss-reactive ketones (excluding diaryl/α,β-unsaturated/α-hetero) is 1. The molecule has 1 amide bonds. The molecule has 1 N–H and O–H groups in total. The lowest BCUT2D eigenvalue weighted by Gasteiger charge is -2.25. The van der Waals surface area contributed by atoms with Crippen molar-refractivity contribution in [3.8, 4) is 11.5 Å². The van der Waals surface area contributed by atoms with Gasteiger partial charge in [0.1, 0.15) is 17.3 Å². The number of rotatable bonds is 6. The van der Waals surface area contributed by atoms with Gasteiger partial charge in [0.2, 0.25) is 0 Å². The second-order valence-corrected chi connectivity index (χ2v) is 7.24. The van der Waals surface area contributed by atoms with Crippen LogP contribution in [0.3, 0.4) is 0 Å². The van der Waals surface area contributed by atoms with Crippen molar-refractivity contribution < 1.29 is 24.2 Å². The summed E-state index contributed by atoms with van der Waals surface area (Å²) in [5.41, 5.74) is 1.72. The van der Waals surface area contributed by atoms with Crippen LogP contribution in [0.2, 0.25) is 0 Å². The molecule has 4 rings (SSSR count). The fourth-order valence-corrected chi connectivity index (χ4v) is 3.82. The Morgan fingerprint density at radius 3 is 2.12 bits per heavy atom. The number of amides is 1. The zero-order valence-corrected chi connectivity index (χ0v) is 17.8. The molecule has 3 aromatic carbocycles. The van der Waals surface area contributed by atoms with E-state index in [0.717, 1.165) is 0 Å². The maximum atomic E-state index is 13.1. The molecule has 162 valence electrons. The van der Waals surface area contributed by atoms with Gasteiger partial charge in [-0.1, -0.05) is 42.5 Å². The first-order valence-corrected chi connectivity index (χ1v) is 10.3. The van der Waals surface area contributed by atoms with Crippen LogP contribution in [-0.2, 0) is 9.59 Å². The van der Waals surface area contributed by atoms with Gasteiger partial charge in [-0.25, -0.2) is 0 Å². The monoisotopic (exact) mass is 429 g/mol. The fraction of sp³-hybridized carbons (Fsp3) is 0.154. The minimum atomic E-state index is -0.793. The summed E-state index contributed by atoms with van der Waals surface area (Å²) in [6.45, 7) is 2.41. The zero-order chi connectivity index (χ0) is 22.7. The van der Waals surface area contributed by atoms with E-state index in [0.29, 0.717) is 34.9 Å². The van der Waals surface area contributed by atoms with Crippen LogP contribution >= 0.6 is 0 Å². The normalized spacial score (nSPS) is 17.4. The van der Waals surface area contributed by atoms with Gasteiger partial charge < -0.3 is 14.6 Å². The van der Waals surface area contributed by atoms with Crippen molar-refractivity contribution >= 4 is 23.1 Å². The summed E-state index contributed by atoms with van der Waals surface area (Å²) < 4.78 is 10.7. The number of aliphatic hydroxyl groups excluding tert-OH is 1. The van der Waals surface area contributed by atoms with E-state index >= 15 is 0 Å². The Morgan fingerprint density at radius 1 is 0.906 bits per heavy atom. The van der Waals surface area contributed by atoms with Crippen LogP contribution in [-0.4, -0.2) is 30.5 Å².